The van der Waals surface area contributed by atoms with Crippen molar-refractivity contribution in [2.45, 2.75) is 5.03 Å². The van der Waals surface area contributed by atoms with Gasteiger partial charge in [-0.3, -0.25) is 9.32 Å². The molecule has 0 aliphatic carbocycles. The Labute approximate surface area is 187 Å². The summed E-state index contributed by atoms with van der Waals surface area (Å²) in [5, 5.41) is 14.2. The molecule has 0 fully saturated rings. The number of anilines is 1. The zero-order valence-corrected chi connectivity index (χ0v) is 17.6. The number of halogens is 2. The molecule has 0 aliphatic rings. The molecule has 0 bridgehead atoms. The van der Waals surface area contributed by atoms with Gasteiger partial charge < -0.3 is 11.1 Å². The lowest BCUT2D eigenvalue weighted by Crippen LogP contribution is -2.25. The smallest absolute Gasteiger partial charge is 0.384 e. The molecule has 11 nitrogen and oxygen atoms in total. The summed E-state index contributed by atoms with van der Waals surface area (Å²) in [4.78, 5) is 28.2. The van der Waals surface area contributed by atoms with Crippen LogP contribution in [0, 0.1) is 5.82 Å². The number of nitrogens with two attached hydrogens (primary N) is 1. The molecule has 3 aromatic heterocycles. The largest absolute Gasteiger partial charge is 0.446 e. The van der Waals surface area contributed by atoms with Gasteiger partial charge in [0.15, 0.2) is 10.7 Å². The first kappa shape index (κ1) is 21.5. The number of pyridine rings is 1. The van der Waals surface area contributed by atoms with Crippen molar-refractivity contribution in [3.8, 4) is 17.2 Å². The van der Waals surface area contributed by atoms with Crippen molar-refractivity contribution in [1.29, 1.82) is 0 Å². The van der Waals surface area contributed by atoms with Gasteiger partial charge in [0, 0.05) is 18.5 Å². The zero-order valence-electron chi connectivity index (χ0n) is 16.0. The Bertz CT molecular complexity index is 1320. The van der Waals surface area contributed by atoms with Crippen molar-refractivity contribution >= 4 is 35.1 Å². The number of hydrogen-bond acceptors (Lipinski definition) is 10. The van der Waals surface area contributed by atoms with E-state index in [2.05, 4.69) is 25.8 Å². The van der Waals surface area contributed by atoms with Gasteiger partial charge in [-0.1, -0.05) is 28.5 Å². The highest BCUT2D eigenvalue weighted by Crippen LogP contribution is 2.28. The first-order valence-corrected chi connectivity index (χ1v) is 10.3. The number of nitrogens with zero attached hydrogens (tertiary/aromatic N) is 5. The third-order valence-corrected chi connectivity index (χ3v) is 5.35. The van der Waals surface area contributed by atoms with Crippen LogP contribution in [0.3, 0.4) is 0 Å². The number of thioether (sulfide) groups is 1. The van der Waals surface area contributed by atoms with Crippen molar-refractivity contribution < 1.29 is 18.3 Å². The van der Waals surface area contributed by atoms with E-state index in [9.17, 15) is 14.0 Å². The molecule has 4 rings (SSSR count). The van der Waals surface area contributed by atoms with Gasteiger partial charge in [0.2, 0.25) is 5.82 Å². The number of nitrogens with one attached hydrogen (secondary N) is 1. The lowest BCUT2D eigenvalue weighted by atomic mass is 10.2. The van der Waals surface area contributed by atoms with Gasteiger partial charge in [-0.15, -0.1) is 0 Å². The number of rotatable bonds is 7. The minimum Gasteiger partial charge on any atom is -0.384 e. The average Bonchev–Trinajstić information content (AvgIpc) is 3.39. The molecule has 0 radical (unpaired) electrons. The number of carbonyl (C=O) groups excluding carboxylic acids is 1. The summed E-state index contributed by atoms with van der Waals surface area (Å²) in [7, 11) is 0. The summed E-state index contributed by atoms with van der Waals surface area (Å²) in [5.41, 5.74) is 6.23. The fraction of sp³-hybridized carbons (Fsp3) is 0.111. The van der Waals surface area contributed by atoms with Crippen LogP contribution in [0.25, 0.3) is 17.2 Å². The van der Waals surface area contributed by atoms with Crippen LogP contribution in [0.4, 0.5) is 10.2 Å². The molecule has 4 aromatic rings. The van der Waals surface area contributed by atoms with Gasteiger partial charge in [0.05, 0.1) is 16.3 Å². The van der Waals surface area contributed by atoms with Crippen molar-refractivity contribution in [1.82, 2.24) is 30.3 Å². The zero-order chi connectivity index (χ0) is 22.7. The normalized spacial score (nSPS) is 10.9. The maximum Gasteiger partial charge on any atom is 0.446 e. The lowest BCUT2D eigenvalue weighted by molar-refractivity contribution is 0.0956. The maximum absolute atomic E-state index is 13.5. The molecule has 0 saturated carbocycles. The van der Waals surface area contributed by atoms with Crippen LogP contribution in [0.5, 0.6) is 0 Å². The van der Waals surface area contributed by atoms with E-state index in [0.717, 1.165) is 10.6 Å². The predicted molar refractivity (Wildman–Crippen MR) is 112 cm³/mol. The van der Waals surface area contributed by atoms with Crippen molar-refractivity contribution in [2.24, 2.45) is 0 Å². The summed E-state index contributed by atoms with van der Waals surface area (Å²) < 4.78 is 24.1. The first-order valence-electron chi connectivity index (χ1n) is 8.93. The molecular formula is C18H13ClFN7O4S. The highest BCUT2D eigenvalue weighted by atomic mass is 35.5. The molecule has 0 unspecified atom stereocenters. The quantitative estimate of drug-likeness (QED) is 0.298. The van der Waals surface area contributed by atoms with Crippen LogP contribution in [0.1, 0.15) is 10.4 Å². The molecule has 0 spiro atoms. The van der Waals surface area contributed by atoms with Gasteiger partial charge in [-0.25, -0.2) is 23.4 Å². The topological polar surface area (TPSA) is 155 Å². The van der Waals surface area contributed by atoms with Crippen LogP contribution >= 0.6 is 23.4 Å². The van der Waals surface area contributed by atoms with Crippen LogP contribution in [0.15, 0.2) is 55.5 Å². The van der Waals surface area contributed by atoms with Crippen LogP contribution in [0.2, 0.25) is 5.02 Å². The SMILES string of the molecule is Nc1ccc(C(=O)NCCSc2nonc2-c2noc(=O)n2-c2ccc(F)c(Cl)c2)cn1. The van der Waals surface area contributed by atoms with Gasteiger partial charge in [0.1, 0.15) is 11.6 Å². The second-order valence-electron chi connectivity index (χ2n) is 6.20. The van der Waals surface area contributed by atoms with Crippen LogP contribution < -0.4 is 16.8 Å². The molecule has 0 aliphatic heterocycles. The van der Waals surface area contributed by atoms with Crippen molar-refractivity contribution in [3.63, 3.8) is 0 Å². The molecule has 0 saturated heterocycles. The molecule has 0 atom stereocenters. The molecule has 1 aromatic carbocycles. The van der Waals surface area contributed by atoms with Gasteiger partial charge >= 0.3 is 5.76 Å². The van der Waals surface area contributed by atoms with Crippen molar-refractivity contribution in [3.05, 3.63) is 63.5 Å². The number of carbonyl (C=O) groups is 1. The Kier molecular flexibility index (Phi) is 6.18. The summed E-state index contributed by atoms with van der Waals surface area (Å²) in [6.45, 7) is 0.291. The number of aromatic nitrogens is 5. The van der Waals surface area contributed by atoms with E-state index < -0.39 is 11.6 Å². The third kappa shape index (κ3) is 4.48. The lowest BCUT2D eigenvalue weighted by Gasteiger charge is -2.05. The Balaban J connectivity index is 1.46. The third-order valence-electron chi connectivity index (χ3n) is 4.11. The van der Waals surface area contributed by atoms with Gasteiger partial charge in [-0.2, -0.15) is 0 Å². The molecular weight excluding hydrogens is 465 g/mol. The van der Waals surface area contributed by atoms with E-state index >= 15 is 0 Å². The summed E-state index contributed by atoms with van der Waals surface area (Å²) >= 11 is 7.02. The Morgan fingerprint density at radius 1 is 1.25 bits per heavy atom. The van der Waals surface area contributed by atoms with Crippen molar-refractivity contribution in [2.75, 3.05) is 18.0 Å². The minimum atomic E-state index is -0.828. The van der Waals surface area contributed by atoms with Gasteiger partial charge in [-0.05, 0) is 40.6 Å². The number of nitrogen functional groups attached to an aromatic ring is 1. The molecule has 1 amide bonds. The fourth-order valence-electron chi connectivity index (χ4n) is 2.62. The highest BCUT2D eigenvalue weighted by Gasteiger charge is 2.23. The number of amides is 1. The Morgan fingerprint density at radius 2 is 2.09 bits per heavy atom. The first-order chi connectivity index (χ1) is 15.4. The predicted octanol–water partition coefficient (Wildman–Crippen LogP) is 2.17. The number of hydrogen-bond donors (Lipinski definition) is 2. The minimum absolute atomic E-state index is 0.00147. The maximum atomic E-state index is 13.5. The molecule has 14 heteroatoms. The molecule has 32 heavy (non-hydrogen) atoms. The second kappa shape index (κ2) is 9.20. The highest BCUT2D eigenvalue weighted by molar-refractivity contribution is 7.99. The standard InChI is InChI=1S/C18H13ClFN7O4S/c19-11-7-10(2-3-12(11)20)27-15(25-30-18(27)29)14-17(26-31-24-14)32-6-5-22-16(28)9-1-4-13(21)23-8-9/h1-4,7-8H,5-6H2,(H2,21,23)(H,22,28). The van der Waals surface area contributed by atoms with Crippen LogP contribution in [-0.2, 0) is 0 Å². The Morgan fingerprint density at radius 3 is 2.84 bits per heavy atom. The number of benzene rings is 1. The molecule has 3 N–H and O–H groups in total. The summed E-state index contributed by atoms with van der Waals surface area (Å²) in [6.07, 6.45) is 1.38. The molecule has 3 heterocycles. The summed E-state index contributed by atoms with van der Waals surface area (Å²) in [6, 6.07) is 6.79. The second-order valence-corrected chi connectivity index (χ2v) is 7.69. The van der Waals surface area contributed by atoms with Crippen LogP contribution in [-0.4, -0.2) is 43.2 Å². The van der Waals surface area contributed by atoms with E-state index in [1.54, 1.807) is 6.07 Å². The Hall–Kier alpha value is -3.71. The monoisotopic (exact) mass is 477 g/mol. The molecule has 164 valence electrons. The van der Waals surface area contributed by atoms with Gasteiger partial charge in [0.25, 0.3) is 5.91 Å². The fourth-order valence-corrected chi connectivity index (χ4v) is 3.54. The van der Waals surface area contributed by atoms with E-state index in [4.69, 9.17) is 26.5 Å². The van der Waals surface area contributed by atoms with E-state index in [0.29, 0.717) is 28.7 Å². The summed E-state index contributed by atoms with van der Waals surface area (Å²) in [5.74, 6) is -1.06. The van der Waals surface area contributed by atoms with E-state index in [1.165, 1.54) is 36.2 Å². The van der Waals surface area contributed by atoms with E-state index in [-0.39, 0.29) is 28.1 Å². The van der Waals surface area contributed by atoms with E-state index in [1.807, 2.05) is 0 Å². The average molecular weight is 478 g/mol.